The van der Waals surface area contributed by atoms with E-state index in [9.17, 15) is 22.4 Å². The van der Waals surface area contributed by atoms with Gasteiger partial charge in [0.25, 0.3) is 5.91 Å². The standard InChI is InChI=1S/C24H30FN3O7S/c1-24(36(3,31)32,22(29)26-35-21-6-4-5-11-34-21)9-10-27-15-17-12-16(14-28(17)23(27)30)19-8-7-18(33-2)13-20(19)25/h7-8,12-14,21H,4-6,9-11,15H2,1-3H3,(H,26,29)/t21?,24-/m1/s1. The normalized spacial score (nSPS) is 19.6. The molecule has 0 saturated carbocycles. The third-order valence-electron chi connectivity index (χ3n) is 6.79. The molecule has 2 atom stereocenters. The molecule has 3 heterocycles. The van der Waals surface area contributed by atoms with Crippen molar-refractivity contribution < 1.29 is 36.7 Å². The second kappa shape index (κ2) is 10.2. The summed E-state index contributed by atoms with van der Waals surface area (Å²) in [5, 5.41) is 0. The van der Waals surface area contributed by atoms with Crippen LogP contribution >= 0.6 is 0 Å². The maximum atomic E-state index is 14.5. The second-order valence-corrected chi connectivity index (χ2v) is 11.7. The summed E-state index contributed by atoms with van der Waals surface area (Å²) < 4.78 is 49.6. The number of nitrogens with zero attached hydrogens (tertiary/aromatic N) is 2. The van der Waals surface area contributed by atoms with E-state index in [-0.39, 0.29) is 25.5 Å². The number of ether oxygens (including phenoxy) is 2. The summed E-state index contributed by atoms with van der Waals surface area (Å²) >= 11 is 0. The molecule has 2 aliphatic rings. The van der Waals surface area contributed by atoms with Crippen LogP contribution in [0.2, 0.25) is 0 Å². The molecule has 196 valence electrons. The lowest BCUT2D eigenvalue weighted by molar-refractivity contribution is -0.201. The number of sulfone groups is 1. The summed E-state index contributed by atoms with van der Waals surface area (Å²) in [5.41, 5.74) is 3.75. The first-order valence-electron chi connectivity index (χ1n) is 11.7. The summed E-state index contributed by atoms with van der Waals surface area (Å²) in [6.45, 7) is 2.04. The zero-order chi connectivity index (χ0) is 26.1. The third-order valence-corrected chi connectivity index (χ3v) is 8.82. The predicted octanol–water partition coefficient (Wildman–Crippen LogP) is 2.85. The molecule has 1 fully saturated rings. The molecule has 4 rings (SSSR count). The highest BCUT2D eigenvalue weighted by Crippen LogP contribution is 2.31. The summed E-state index contributed by atoms with van der Waals surface area (Å²) in [6.07, 6.45) is 4.15. The van der Waals surface area contributed by atoms with Gasteiger partial charge in [0.1, 0.15) is 11.6 Å². The first-order valence-corrected chi connectivity index (χ1v) is 13.5. The van der Waals surface area contributed by atoms with Crippen LogP contribution in [0.4, 0.5) is 9.18 Å². The van der Waals surface area contributed by atoms with Crippen LogP contribution in [0.5, 0.6) is 5.75 Å². The van der Waals surface area contributed by atoms with Crippen LogP contribution in [0.15, 0.2) is 30.5 Å². The quantitative estimate of drug-likeness (QED) is 0.503. The molecule has 12 heteroatoms. The van der Waals surface area contributed by atoms with Crippen molar-refractivity contribution in [2.45, 2.75) is 50.2 Å². The van der Waals surface area contributed by atoms with Gasteiger partial charge in [0, 0.05) is 54.9 Å². The molecule has 10 nitrogen and oxygen atoms in total. The van der Waals surface area contributed by atoms with Gasteiger partial charge in [0.05, 0.1) is 13.7 Å². The van der Waals surface area contributed by atoms with Gasteiger partial charge >= 0.3 is 6.03 Å². The minimum Gasteiger partial charge on any atom is -0.497 e. The Bertz CT molecular complexity index is 1260. The summed E-state index contributed by atoms with van der Waals surface area (Å²) in [7, 11) is -2.41. The maximum absolute atomic E-state index is 14.5. The van der Waals surface area contributed by atoms with Crippen molar-refractivity contribution in [2.75, 3.05) is 26.5 Å². The fourth-order valence-electron chi connectivity index (χ4n) is 4.25. The number of hydrogen-bond acceptors (Lipinski definition) is 7. The number of carbonyl (C=O) groups excluding carboxylic acids is 2. The zero-order valence-electron chi connectivity index (χ0n) is 20.5. The SMILES string of the molecule is COc1ccc(-c2cc3n(c2)C(=O)N(CC[C@](C)(C(=O)NOC2CCCCO2)S(C)(=O)=O)C3)c(F)c1. The molecule has 1 N–H and O–H groups in total. The van der Waals surface area contributed by atoms with Crippen molar-refractivity contribution in [1.29, 1.82) is 0 Å². The Labute approximate surface area is 209 Å². The number of hydrogen-bond donors (Lipinski definition) is 1. The average Bonchev–Trinajstić information content (AvgIpc) is 3.39. The van der Waals surface area contributed by atoms with Crippen LogP contribution < -0.4 is 10.2 Å². The van der Waals surface area contributed by atoms with Gasteiger partial charge in [0.15, 0.2) is 20.9 Å². The fourth-order valence-corrected chi connectivity index (χ4v) is 5.09. The lowest BCUT2D eigenvalue weighted by Gasteiger charge is -2.29. The van der Waals surface area contributed by atoms with Crippen molar-refractivity contribution in [3.05, 3.63) is 42.0 Å². The molecular weight excluding hydrogens is 493 g/mol. The molecule has 2 aliphatic heterocycles. The molecule has 1 aromatic heterocycles. The number of aromatic nitrogens is 1. The first-order chi connectivity index (χ1) is 17.0. The van der Waals surface area contributed by atoms with Crippen LogP contribution in [-0.4, -0.2) is 67.4 Å². The molecule has 2 amide bonds. The van der Waals surface area contributed by atoms with Gasteiger partial charge in [0.2, 0.25) is 0 Å². The molecule has 0 radical (unpaired) electrons. The predicted molar refractivity (Wildman–Crippen MR) is 128 cm³/mol. The average molecular weight is 524 g/mol. The van der Waals surface area contributed by atoms with Crippen molar-refractivity contribution >= 4 is 21.8 Å². The van der Waals surface area contributed by atoms with Gasteiger partial charge in [-0.15, -0.1) is 0 Å². The maximum Gasteiger partial charge on any atom is 0.328 e. The van der Waals surface area contributed by atoms with E-state index in [1.54, 1.807) is 24.4 Å². The Hall–Kier alpha value is -2.96. The van der Waals surface area contributed by atoms with E-state index >= 15 is 0 Å². The number of fused-ring (bicyclic) bond motifs is 1. The van der Waals surface area contributed by atoms with E-state index in [0.717, 1.165) is 19.1 Å². The zero-order valence-corrected chi connectivity index (χ0v) is 21.3. The molecule has 36 heavy (non-hydrogen) atoms. The van der Waals surface area contributed by atoms with Gasteiger partial charge < -0.3 is 14.4 Å². The van der Waals surface area contributed by atoms with E-state index in [2.05, 4.69) is 5.48 Å². The van der Waals surface area contributed by atoms with E-state index in [0.29, 0.717) is 35.6 Å². The van der Waals surface area contributed by atoms with E-state index < -0.39 is 32.6 Å². The smallest absolute Gasteiger partial charge is 0.328 e. The number of amides is 2. The lowest BCUT2D eigenvalue weighted by atomic mass is 10.1. The Morgan fingerprint density at radius 3 is 2.69 bits per heavy atom. The van der Waals surface area contributed by atoms with Crippen LogP contribution in [0.3, 0.4) is 0 Å². The number of hydroxylamine groups is 1. The minimum atomic E-state index is -3.86. The minimum absolute atomic E-state index is 0.0175. The van der Waals surface area contributed by atoms with E-state index in [1.807, 2.05) is 0 Å². The molecule has 0 bridgehead atoms. The monoisotopic (exact) mass is 523 g/mol. The lowest BCUT2D eigenvalue weighted by Crippen LogP contribution is -2.52. The highest BCUT2D eigenvalue weighted by Gasteiger charge is 2.45. The Morgan fingerprint density at radius 1 is 1.31 bits per heavy atom. The Balaban J connectivity index is 1.42. The van der Waals surface area contributed by atoms with Crippen molar-refractivity contribution in [1.82, 2.24) is 14.9 Å². The topological polar surface area (TPSA) is 116 Å². The number of methoxy groups -OCH3 is 1. The number of rotatable bonds is 9. The molecule has 1 unspecified atom stereocenters. The first kappa shape index (κ1) is 26.1. The molecule has 0 aliphatic carbocycles. The van der Waals surface area contributed by atoms with Gasteiger partial charge in [-0.25, -0.2) is 27.9 Å². The van der Waals surface area contributed by atoms with Crippen LogP contribution in [0, 0.1) is 5.82 Å². The van der Waals surface area contributed by atoms with Crippen molar-refractivity contribution in [2.24, 2.45) is 0 Å². The van der Waals surface area contributed by atoms with Gasteiger partial charge in [-0.3, -0.25) is 9.36 Å². The van der Waals surface area contributed by atoms with Crippen LogP contribution in [0.25, 0.3) is 11.1 Å². The van der Waals surface area contributed by atoms with Gasteiger partial charge in [-0.05, 0) is 44.4 Å². The van der Waals surface area contributed by atoms with Crippen LogP contribution in [-0.2, 0) is 30.8 Å². The Kier molecular flexibility index (Phi) is 7.39. The van der Waals surface area contributed by atoms with Crippen molar-refractivity contribution in [3.8, 4) is 16.9 Å². The summed E-state index contributed by atoms with van der Waals surface area (Å²) in [6, 6.07) is 5.82. The van der Waals surface area contributed by atoms with E-state index in [4.69, 9.17) is 14.3 Å². The Morgan fingerprint density at radius 2 is 2.08 bits per heavy atom. The van der Waals surface area contributed by atoms with E-state index in [1.165, 1.54) is 29.6 Å². The highest BCUT2D eigenvalue weighted by atomic mass is 32.2. The number of nitrogens with one attached hydrogen (secondary N) is 1. The van der Waals surface area contributed by atoms with Gasteiger partial charge in [-0.2, -0.15) is 0 Å². The van der Waals surface area contributed by atoms with Crippen molar-refractivity contribution in [3.63, 3.8) is 0 Å². The third kappa shape index (κ3) is 5.11. The summed E-state index contributed by atoms with van der Waals surface area (Å²) in [5.74, 6) is -0.902. The second-order valence-electron chi connectivity index (χ2n) is 9.24. The molecule has 1 aromatic carbocycles. The molecule has 1 saturated heterocycles. The van der Waals surface area contributed by atoms with Crippen LogP contribution in [0.1, 0.15) is 38.3 Å². The summed E-state index contributed by atoms with van der Waals surface area (Å²) in [4.78, 5) is 32.6. The number of carbonyl (C=O) groups is 2. The molecular formula is C24H30FN3O7S. The molecule has 2 aromatic rings. The largest absolute Gasteiger partial charge is 0.497 e. The van der Waals surface area contributed by atoms with Gasteiger partial charge in [-0.1, -0.05) is 0 Å². The molecule has 0 spiro atoms. The highest BCUT2D eigenvalue weighted by molar-refractivity contribution is 7.92. The fraction of sp³-hybridized carbons (Fsp3) is 0.500. The number of benzene rings is 1. The number of halogens is 1.